The molecule has 0 aromatic rings. The number of dihydropyridines is 1. The Morgan fingerprint density at radius 3 is 2.93 bits per heavy atom. The molecule has 0 unspecified atom stereocenters. The second-order valence-corrected chi connectivity index (χ2v) is 3.17. The van der Waals surface area contributed by atoms with Gasteiger partial charge in [-0.1, -0.05) is 0 Å². The largest absolute Gasteiger partial charge is 0.475 e. The standard InChI is InChI=1S/C9H16FN3O/c1-6(3-11)14-9-7(4-12)2-8(10)5-13-9/h2,6,13H,3-5,11-12H2,1H3/t6-/m0/s1. The van der Waals surface area contributed by atoms with Crippen LogP contribution in [0.1, 0.15) is 6.92 Å². The lowest BCUT2D eigenvalue weighted by molar-refractivity contribution is 0.119. The third kappa shape index (κ3) is 2.71. The molecule has 0 saturated carbocycles. The van der Waals surface area contributed by atoms with Crippen LogP contribution >= 0.6 is 0 Å². The van der Waals surface area contributed by atoms with Gasteiger partial charge in [0.1, 0.15) is 11.9 Å². The predicted molar refractivity (Wildman–Crippen MR) is 52.9 cm³/mol. The van der Waals surface area contributed by atoms with E-state index >= 15 is 0 Å². The van der Waals surface area contributed by atoms with Crippen molar-refractivity contribution in [1.29, 1.82) is 0 Å². The molecule has 5 N–H and O–H groups in total. The lowest BCUT2D eigenvalue weighted by atomic mass is 10.2. The van der Waals surface area contributed by atoms with Gasteiger partial charge in [0.15, 0.2) is 5.88 Å². The van der Waals surface area contributed by atoms with Crippen LogP contribution in [-0.4, -0.2) is 25.7 Å². The molecule has 1 rings (SSSR count). The molecule has 0 aromatic heterocycles. The first kappa shape index (κ1) is 11.0. The third-order valence-corrected chi connectivity index (χ3v) is 1.91. The van der Waals surface area contributed by atoms with Gasteiger partial charge in [-0.05, 0) is 13.0 Å². The maximum Gasteiger partial charge on any atom is 0.191 e. The van der Waals surface area contributed by atoms with Crippen molar-refractivity contribution in [3.63, 3.8) is 0 Å². The predicted octanol–water partition coefficient (Wildman–Crippen LogP) is -0.0229. The smallest absolute Gasteiger partial charge is 0.191 e. The summed E-state index contributed by atoms with van der Waals surface area (Å²) < 4.78 is 18.3. The van der Waals surface area contributed by atoms with Gasteiger partial charge in [-0.15, -0.1) is 0 Å². The van der Waals surface area contributed by atoms with Crippen LogP contribution in [0.5, 0.6) is 0 Å². The fourth-order valence-electron chi connectivity index (χ4n) is 1.10. The molecule has 0 radical (unpaired) electrons. The monoisotopic (exact) mass is 201 g/mol. The van der Waals surface area contributed by atoms with Crippen LogP contribution in [0.4, 0.5) is 4.39 Å². The van der Waals surface area contributed by atoms with Gasteiger partial charge in [-0.25, -0.2) is 4.39 Å². The summed E-state index contributed by atoms with van der Waals surface area (Å²) in [6, 6.07) is 0. The van der Waals surface area contributed by atoms with Crippen LogP contribution in [0.25, 0.3) is 0 Å². The van der Waals surface area contributed by atoms with Crippen LogP contribution in [0.3, 0.4) is 0 Å². The normalized spacial score (nSPS) is 18.7. The number of hydrogen-bond acceptors (Lipinski definition) is 4. The Morgan fingerprint density at radius 1 is 1.64 bits per heavy atom. The van der Waals surface area contributed by atoms with Gasteiger partial charge < -0.3 is 21.5 Å². The van der Waals surface area contributed by atoms with Gasteiger partial charge in [-0.2, -0.15) is 0 Å². The van der Waals surface area contributed by atoms with Crippen molar-refractivity contribution in [2.45, 2.75) is 13.0 Å². The van der Waals surface area contributed by atoms with E-state index in [9.17, 15) is 4.39 Å². The highest BCUT2D eigenvalue weighted by Gasteiger charge is 2.14. The zero-order chi connectivity index (χ0) is 10.6. The Labute approximate surface area is 82.8 Å². The highest BCUT2D eigenvalue weighted by Crippen LogP contribution is 2.14. The van der Waals surface area contributed by atoms with Crippen LogP contribution in [0.2, 0.25) is 0 Å². The number of hydrogen-bond donors (Lipinski definition) is 3. The molecular weight excluding hydrogens is 185 g/mol. The van der Waals surface area contributed by atoms with Gasteiger partial charge in [-0.3, -0.25) is 0 Å². The van der Waals surface area contributed by atoms with E-state index in [1.54, 1.807) is 0 Å². The summed E-state index contributed by atoms with van der Waals surface area (Å²) in [5.41, 5.74) is 11.5. The molecule has 0 fully saturated rings. The molecule has 0 amide bonds. The van der Waals surface area contributed by atoms with Crippen LogP contribution < -0.4 is 16.8 Å². The van der Waals surface area contributed by atoms with E-state index in [2.05, 4.69) is 5.32 Å². The number of rotatable bonds is 4. The Balaban J connectivity index is 2.72. The van der Waals surface area contributed by atoms with Crippen LogP contribution in [-0.2, 0) is 4.74 Å². The lowest BCUT2D eigenvalue weighted by Gasteiger charge is -2.22. The Kier molecular flexibility index (Phi) is 3.91. The average Bonchev–Trinajstić information content (AvgIpc) is 2.20. The van der Waals surface area contributed by atoms with Gasteiger partial charge >= 0.3 is 0 Å². The number of nitrogens with one attached hydrogen (secondary N) is 1. The van der Waals surface area contributed by atoms with Crippen LogP contribution in [0.15, 0.2) is 23.4 Å². The Bertz CT molecular complexity index is 263. The summed E-state index contributed by atoms with van der Waals surface area (Å²) in [4.78, 5) is 0. The molecule has 0 aliphatic carbocycles. The molecule has 1 atom stereocenters. The maximum atomic E-state index is 12.8. The minimum absolute atomic E-state index is 0.103. The molecule has 1 aliphatic heterocycles. The van der Waals surface area contributed by atoms with Gasteiger partial charge in [0.05, 0.1) is 6.54 Å². The summed E-state index contributed by atoms with van der Waals surface area (Å²) in [6.45, 7) is 2.65. The summed E-state index contributed by atoms with van der Waals surface area (Å²) in [7, 11) is 0. The van der Waals surface area contributed by atoms with E-state index in [4.69, 9.17) is 16.2 Å². The molecule has 0 spiro atoms. The van der Waals surface area contributed by atoms with Crippen molar-refractivity contribution < 1.29 is 9.13 Å². The van der Waals surface area contributed by atoms with Crippen molar-refractivity contribution in [2.75, 3.05) is 19.6 Å². The van der Waals surface area contributed by atoms with Crippen molar-refractivity contribution >= 4 is 0 Å². The van der Waals surface area contributed by atoms with E-state index < -0.39 is 0 Å². The molecule has 4 nitrogen and oxygen atoms in total. The SMILES string of the molecule is C[C@@H](CN)OC1=C(CN)C=C(F)CN1. The fraction of sp³-hybridized carbons (Fsp3) is 0.556. The number of halogens is 1. The van der Waals surface area contributed by atoms with Crippen molar-refractivity contribution in [3.05, 3.63) is 23.4 Å². The van der Waals surface area contributed by atoms with Gasteiger partial charge in [0, 0.05) is 18.7 Å². The molecule has 1 heterocycles. The topological polar surface area (TPSA) is 73.3 Å². The number of ether oxygens (including phenoxy) is 1. The van der Waals surface area contributed by atoms with Crippen molar-refractivity contribution in [1.82, 2.24) is 5.32 Å². The Morgan fingerprint density at radius 2 is 2.36 bits per heavy atom. The third-order valence-electron chi connectivity index (χ3n) is 1.91. The zero-order valence-corrected chi connectivity index (χ0v) is 8.22. The second-order valence-electron chi connectivity index (χ2n) is 3.17. The lowest BCUT2D eigenvalue weighted by Crippen LogP contribution is -2.30. The maximum absolute atomic E-state index is 12.8. The first-order chi connectivity index (χ1) is 6.67. The quantitative estimate of drug-likeness (QED) is 0.597. The summed E-state index contributed by atoms with van der Waals surface area (Å²) in [5, 5.41) is 2.81. The molecule has 0 bridgehead atoms. The molecule has 0 aromatic carbocycles. The number of nitrogens with two attached hydrogens (primary N) is 2. The van der Waals surface area contributed by atoms with Crippen molar-refractivity contribution in [2.24, 2.45) is 11.5 Å². The second kappa shape index (κ2) is 4.97. The highest BCUT2D eigenvalue weighted by atomic mass is 19.1. The van der Waals surface area contributed by atoms with E-state index in [1.807, 2.05) is 6.92 Å². The minimum atomic E-state index is -0.238. The van der Waals surface area contributed by atoms with Crippen molar-refractivity contribution in [3.8, 4) is 0 Å². The molecule has 1 aliphatic rings. The summed E-state index contributed by atoms with van der Waals surface area (Å²) in [5.74, 6) is 0.296. The Hall–Kier alpha value is -1.07. The average molecular weight is 201 g/mol. The first-order valence-corrected chi connectivity index (χ1v) is 4.57. The first-order valence-electron chi connectivity index (χ1n) is 4.57. The summed E-state index contributed by atoms with van der Waals surface area (Å²) in [6.07, 6.45) is 1.29. The van der Waals surface area contributed by atoms with E-state index in [0.29, 0.717) is 18.0 Å². The fourth-order valence-corrected chi connectivity index (χ4v) is 1.10. The molecule has 0 saturated heterocycles. The van der Waals surface area contributed by atoms with E-state index in [0.717, 1.165) is 0 Å². The molecule has 14 heavy (non-hydrogen) atoms. The highest BCUT2D eigenvalue weighted by molar-refractivity contribution is 5.29. The summed E-state index contributed by atoms with van der Waals surface area (Å²) >= 11 is 0. The molecule has 80 valence electrons. The van der Waals surface area contributed by atoms with Gasteiger partial charge in [0.25, 0.3) is 0 Å². The minimum Gasteiger partial charge on any atom is -0.475 e. The molecular formula is C9H16FN3O. The van der Waals surface area contributed by atoms with Crippen LogP contribution in [0, 0.1) is 0 Å². The van der Waals surface area contributed by atoms with E-state index in [-0.39, 0.29) is 25.0 Å². The van der Waals surface area contributed by atoms with E-state index in [1.165, 1.54) is 6.08 Å². The molecule has 5 heteroatoms. The zero-order valence-electron chi connectivity index (χ0n) is 8.22. The van der Waals surface area contributed by atoms with Gasteiger partial charge in [0.2, 0.25) is 0 Å².